The molecule has 0 atom stereocenters. The van der Waals surface area contributed by atoms with Gasteiger partial charge >= 0.3 is 0 Å². The summed E-state index contributed by atoms with van der Waals surface area (Å²) in [6, 6.07) is 10.2. The van der Waals surface area contributed by atoms with Crippen LogP contribution in [0, 0.1) is 11.3 Å². The van der Waals surface area contributed by atoms with Crippen molar-refractivity contribution in [2.24, 2.45) is 0 Å². The quantitative estimate of drug-likeness (QED) is 0.563. The Labute approximate surface area is 118 Å². The summed E-state index contributed by atoms with van der Waals surface area (Å²) in [7, 11) is 0. The lowest BCUT2D eigenvalue weighted by Crippen LogP contribution is -2.25. The van der Waals surface area contributed by atoms with Gasteiger partial charge in [0.05, 0.1) is 18.2 Å². The first kappa shape index (κ1) is 15.5. The van der Waals surface area contributed by atoms with Gasteiger partial charge in [-0.05, 0) is 24.2 Å². The molecule has 0 saturated carbocycles. The zero-order chi connectivity index (χ0) is 13.9. The standard InChI is InChI=1S/C14H19N3OS/c1-2-16-10-12-5-3-6-13(9-12)19-11-14(18)17-8-4-7-15/h3,5-6,9,16H,2,4,8,10-11H2,1H3,(H,17,18). The van der Waals surface area contributed by atoms with Crippen LogP contribution in [0.15, 0.2) is 29.2 Å². The summed E-state index contributed by atoms with van der Waals surface area (Å²) >= 11 is 1.51. The molecule has 0 aliphatic carbocycles. The summed E-state index contributed by atoms with van der Waals surface area (Å²) in [6.45, 7) is 4.29. The van der Waals surface area contributed by atoms with Gasteiger partial charge in [-0.2, -0.15) is 5.26 Å². The van der Waals surface area contributed by atoms with E-state index in [0.717, 1.165) is 18.0 Å². The molecule has 0 aromatic heterocycles. The van der Waals surface area contributed by atoms with E-state index in [1.165, 1.54) is 17.3 Å². The number of carbonyl (C=O) groups excluding carboxylic acids is 1. The van der Waals surface area contributed by atoms with Crippen molar-refractivity contribution in [3.63, 3.8) is 0 Å². The van der Waals surface area contributed by atoms with Crippen molar-refractivity contribution >= 4 is 17.7 Å². The van der Waals surface area contributed by atoms with Gasteiger partial charge in [-0.1, -0.05) is 19.1 Å². The molecule has 1 amide bonds. The lowest BCUT2D eigenvalue weighted by atomic mass is 10.2. The highest BCUT2D eigenvalue weighted by atomic mass is 32.2. The molecule has 0 bridgehead atoms. The highest BCUT2D eigenvalue weighted by Gasteiger charge is 2.02. The SMILES string of the molecule is CCNCc1cccc(SCC(=O)NCCC#N)c1. The van der Waals surface area contributed by atoms with Crippen LogP contribution in [0.5, 0.6) is 0 Å². The third-order valence-corrected chi connectivity index (χ3v) is 3.40. The van der Waals surface area contributed by atoms with Gasteiger partial charge in [0.2, 0.25) is 5.91 Å². The minimum atomic E-state index is -0.0302. The van der Waals surface area contributed by atoms with Crippen molar-refractivity contribution in [1.82, 2.24) is 10.6 Å². The molecule has 0 unspecified atom stereocenters. The minimum Gasteiger partial charge on any atom is -0.354 e. The maximum Gasteiger partial charge on any atom is 0.230 e. The number of rotatable bonds is 8. The molecule has 2 N–H and O–H groups in total. The molecule has 0 aliphatic heterocycles. The molecule has 1 rings (SSSR count). The maximum absolute atomic E-state index is 11.5. The molecular formula is C14H19N3OS. The Bertz CT molecular complexity index is 443. The molecule has 0 aliphatic rings. The van der Waals surface area contributed by atoms with Gasteiger partial charge in [0.1, 0.15) is 0 Å². The number of amides is 1. The second-order valence-electron chi connectivity index (χ2n) is 3.97. The van der Waals surface area contributed by atoms with Crippen LogP contribution >= 0.6 is 11.8 Å². The largest absolute Gasteiger partial charge is 0.354 e. The van der Waals surface area contributed by atoms with Gasteiger partial charge in [-0.15, -0.1) is 11.8 Å². The van der Waals surface area contributed by atoms with E-state index in [2.05, 4.69) is 29.7 Å². The first-order valence-electron chi connectivity index (χ1n) is 6.32. The smallest absolute Gasteiger partial charge is 0.230 e. The highest BCUT2D eigenvalue weighted by molar-refractivity contribution is 8.00. The monoisotopic (exact) mass is 277 g/mol. The third-order valence-electron chi connectivity index (χ3n) is 2.41. The van der Waals surface area contributed by atoms with E-state index in [0.29, 0.717) is 18.7 Å². The van der Waals surface area contributed by atoms with Crippen LogP contribution in [-0.2, 0) is 11.3 Å². The number of nitriles is 1. The Kier molecular flexibility index (Phi) is 7.71. The summed E-state index contributed by atoms with van der Waals surface area (Å²) in [5, 5.41) is 14.4. The van der Waals surface area contributed by atoms with Gasteiger partial charge in [0.15, 0.2) is 0 Å². The molecule has 0 heterocycles. The zero-order valence-corrected chi connectivity index (χ0v) is 11.9. The van der Waals surface area contributed by atoms with Gasteiger partial charge in [-0.25, -0.2) is 0 Å². The molecule has 1 aromatic rings. The number of nitrogens with zero attached hydrogens (tertiary/aromatic N) is 1. The Hall–Kier alpha value is -1.51. The Morgan fingerprint density at radius 1 is 1.47 bits per heavy atom. The second kappa shape index (κ2) is 9.42. The Balaban J connectivity index is 2.36. The van der Waals surface area contributed by atoms with Gasteiger partial charge in [-0.3, -0.25) is 4.79 Å². The van der Waals surface area contributed by atoms with Crippen molar-refractivity contribution in [1.29, 1.82) is 5.26 Å². The van der Waals surface area contributed by atoms with Crippen LogP contribution in [0.25, 0.3) is 0 Å². The first-order valence-corrected chi connectivity index (χ1v) is 7.31. The normalized spacial score (nSPS) is 9.89. The number of thioether (sulfide) groups is 1. The number of benzene rings is 1. The maximum atomic E-state index is 11.5. The lowest BCUT2D eigenvalue weighted by molar-refractivity contribution is -0.118. The van der Waals surface area contributed by atoms with E-state index in [4.69, 9.17) is 5.26 Å². The van der Waals surface area contributed by atoms with E-state index < -0.39 is 0 Å². The van der Waals surface area contributed by atoms with Gasteiger partial charge in [0, 0.05) is 18.0 Å². The molecule has 0 saturated heterocycles. The van der Waals surface area contributed by atoms with Crippen LogP contribution in [0.3, 0.4) is 0 Å². The van der Waals surface area contributed by atoms with Crippen molar-refractivity contribution in [3.8, 4) is 6.07 Å². The third kappa shape index (κ3) is 6.85. The highest BCUT2D eigenvalue weighted by Crippen LogP contribution is 2.18. The topological polar surface area (TPSA) is 64.9 Å². The van der Waals surface area contributed by atoms with Crippen molar-refractivity contribution in [3.05, 3.63) is 29.8 Å². The predicted molar refractivity (Wildman–Crippen MR) is 77.8 cm³/mol. The fourth-order valence-electron chi connectivity index (χ4n) is 1.47. The molecule has 1 aromatic carbocycles. The minimum absolute atomic E-state index is 0.0302. The van der Waals surface area contributed by atoms with Crippen LogP contribution in [0.2, 0.25) is 0 Å². The summed E-state index contributed by atoms with van der Waals surface area (Å²) in [4.78, 5) is 12.6. The lowest BCUT2D eigenvalue weighted by Gasteiger charge is -2.06. The fourth-order valence-corrected chi connectivity index (χ4v) is 2.28. The number of nitrogens with one attached hydrogen (secondary N) is 2. The molecule has 0 spiro atoms. The summed E-state index contributed by atoms with van der Waals surface area (Å²) < 4.78 is 0. The van der Waals surface area contributed by atoms with E-state index >= 15 is 0 Å². The molecule has 0 fully saturated rings. The number of carbonyl (C=O) groups is 1. The van der Waals surface area contributed by atoms with E-state index in [-0.39, 0.29) is 5.91 Å². The molecule has 0 radical (unpaired) electrons. The summed E-state index contributed by atoms with van der Waals surface area (Å²) in [5.74, 6) is 0.355. The first-order chi connectivity index (χ1) is 9.26. The van der Waals surface area contributed by atoms with Gasteiger partial charge < -0.3 is 10.6 Å². The van der Waals surface area contributed by atoms with E-state index in [9.17, 15) is 4.79 Å². The van der Waals surface area contributed by atoms with E-state index in [1.807, 2.05) is 18.2 Å². The Morgan fingerprint density at radius 3 is 3.05 bits per heavy atom. The van der Waals surface area contributed by atoms with Crippen molar-refractivity contribution in [2.45, 2.75) is 24.8 Å². The van der Waals surface area contributed by atoms with Crippen molar-refractivity contribution in [2.75, 3.05) is 18.8 Å². The summed E-state index contributed by atoms with van der Waals surface area (Å²) in [6.07, 6.45) is 0.356. The average Bonchev–Trinajstić information content (AvgIpc) is 2.44. The molecule has 19 heavy (non-hydrogen) atoms. The van der Waals surface area contributed by atoms with Crippen LogP contribution in [0.4, 0.5) is 0 Å². The Morgan fingerprint density at radius 2 is 2.32 bits per heavy atom. The molecule has 4 nitrogen and oxygen atoms in total. The fraction of sp³-hybridized carbons (Fsp3) is 0.429. The van der Waals surface area contributed by atoms with E-state index in [1.54, 1.807) is 0 Å². The zero-order valence-electron chi connectivity index (χ0n) is 11.1. The summed E-state index contributed by atoms with van der Waals surface area (Å²) in [5.41, 5.74) is 1.22. The number of hydrogen-bond acceptors (Lipinski definition) is 4. The van der Waals surface area contributed by atoms with Crippen LogP contribution in [-0.4, -0.2) is 24.7 Å². The number of hydrogen-bond donors (Lipinski definition) is 2. The predicted octanol–water partition coefficient (Wildman–Crippen LogP) is 1.92. The molecule has 102 valence electrons. The molecule has 5 heteroatoms. The second-order valence-corrected chi connectivity index (χ2v) is 5.02. The van der Waals surface area contributed by atoms with Gasteiger partial charge in [0.25, 0.3) is 0 Å². The molecular weight excluding hydrogens is 258 g/mol. The van der Waals surface area contributed by atoms with Crippen molar-refractivity contribution < 1.29 is 4.79 Å². The average molecular weight is 277 g/mol. The van der Waals surface area contributed by atoms with Crippen LogP contribution in [0.1, 0.15) is 18.9 Å². The van der Waals surface area contributed by atoms with Crippen LogP contribution < -0.4 is 10.6 Å².